The lowest BCUT2D eigenvalue weighted by Crippen LogP contribution is -2.26. The molecular weight excluding hydrogens is 687 g/mol. The molecule has 268 valence electrons. The molecule has 0 bridgehead atoms. The minimum Gasteiger partial charge on any atom is -0.309 e. The first kappa shape index (κ1) is 32.3. The predicted molar refractivity (Wildman–Crippen MR) is 238 cm³/mol. The Labute approximate surface area is 334 Å². The SMILES string of the molecule is CC1(C)c2ccccc2-c2ccc(N(c3ccccc3-c3ccccc3)c3cccc4c3-c3ccccc3C43c4ccccc4-c4c3ccc3ccccc43)cc21. The van der Waals surface area contributed by atoms with E-state index in [-0.39, 0.29) is 5.41 Å². The van der Waals surface area contributed by atoms with Crippen molar-refractivity contribution in [2.75, 3.05) is 4.90 Å². The Bertz CT molecular complexity index is 3110. The van der Waals surface area contributed by atoms with Crippen LogP contribution in [0.15, 0.2) is 200 Å². The molecule has 9 aromatic rings. The van der Waals surface area contributed by atoms with E-state index in [0.29, 0.717) is 0 Å². The number of hydrogen-bond donors (Lipinski definition) is 0. The Kier molecular flexibility index (Phi) is 6.67. The molecule has 0 radical (unpaired) electrons. The molecule has 1 atom stereocenters. The summed E-state index contributed by atoms with van der Waals surface area (Å²) in [5.74, 6) is 0. The molecule has 0 fully saturated rings. The summed E-state index contributed by atoms with van der Waals surface area (Å²) >= 11 is 0. The zero-order valence-electron chi connectivity index (χ0n) is 32.0. The summed E-state index contributed by atoms with van der Waals surface area (Å²) in [6.07, 6.45) is 0. The molecule has 0 heterocycles. The predicted octanol–water partition coefficient (Wildman–Crippen LogP) is 14.6. The van der Waals surface area contributed by atoms with E-state index in [2.05, 4.69) is 219 Å². The van der Waals surface area contributed by atoms with Gasteiger partial charge >= 0.3 is 0 Å². The molecule has 0 N–H and O–H groups in total. The molecule has 0 aliphatic heterocycles. The average Bonchev–Trinajstić information content (AvgIpc) is 3.83. The number of para-hydroxylation sites is 1. The highest BCUT2D eigenvalue weighted by atomic mass is 15.1. The van der Waals surface area contributed by atoms with Crippen molar-refractivity contribution < 1.29 is 0 Å². The first-order valence-corrected chi connectivity index (χ1v) is 20.1. The summed E-state index contributed by atoms with van der Waals surface area (Å²) in [6.45, 7) is 4.76. The van der Waals surface area contributed by atoms with Crippen LogP contribution in [0.2, 0.25) is 0 Å². The second kappa shape index (κ2) is 11.8. The fraction of sp³-hybridized carbons (Fsp3) is 0.0714. The number of benzene rings is 9. The van der Waals surface area contributed by atoms with E-state index in [1.165, 1.54) is 94.3 Å². The molecule has 0 amide bonds. The van der Waals surface area contributed by atoms with Gasteiger partial charge in [0.25, 0.3) is 0 Å². The summed E-state index contributed by atoms with van der Waals surface area (Å²) in [7, 11) is 0. The third-order valence-electron chi connectivity index (χ3n) is 13.3. The van der Waals surface area contributed by atoms with Gasteiger partial charge in [0.1, 0.15) is 0 Å². The molecule has 0 saturated heterocycles. The fourth-order valence-electron chi connectivity index (χ4n) is 10.9. The van der Waals surface area contributed by atoms with E-state index in [4.69, 9.17) is 0 Å². The Balaban J connectivity index is 1.18. The molecule has 57 heavy (non-hydrogen) atoms. The van der Waals surface area contributed by atoms with Gasteiger partial charge in [-0.1, -0.05) is 190 Å². The van der Waals surface area contributed by atoms with E-state index in [1.54, 1.807) is 0 Å². The lowest BCUT2D eigenvalue weighted by molar-refractivity contribution is 0.660. The van der Waals surface area contributed by atoms with Crippen molar-refractivity contribution in [2.24, 2.45) is 0 Å². The number of nitrogens with zero attached hydrogens (tertiary/aromatic N) is 1. The van der Waals surface area contributed by atoms with Gasteiger partial charge in [-0.25, -0.2) is 0 Å². The van der Waals surface area contributed by atoms with Gasteiger partial charge in [-0.15, -0.1) is 0 Å². The van der Waals surface area contributed by atoms with Crippen LogP contribution in [0.5, 0.6) is 0 Å². The van der Waals surface area contributed by atoms with Crippen molar-refractivity contribution in [1.29, 1.82) is 0 Å². The zero-order valence-corrected chi connectivity index (χ0v) is 32.0. The van der Waals surface area contributed by atoms with Crippen LogP contribution >= 0.6 is 0 Å². The maximum atomic E-state index is 2.55. The average molecular weight is 726 g/mol. The maximum absolute atomic E-state index is 2.55. The molecule has 9 aromatic carbocycles. The van der Waals surface area contributed by atoms with E-state index < -0.39 is 5.41 Å². The zero-order chi connectivity index (χ0) is 37.9. The molecule has 0 saturated carbocycles. The molecule has 12 rings (SSSR count). The van der Waals surface area contributed by atoms with Crippen molar-refractivity contribution in [3.05, 3.63) is 234 Å². The van der Waals surface area contributed by atoms with Gasteiger partial charge < -0.3 is 4.90 Å². The highest BCUT2D eigenvalue weighted by molar-refractivity contribution is 6.08. The minimum absolute atomic E-state index is 0.137. The Morgan fingerprint density at radius 2 is 0.912 bits per heavy atom. The number of fused-ring (bicyclic) bond motifs is 15. The summed E-state index contributed by atoms with van der Waals surface area (Å²) in [5, 5.41) is 2.58. The van der Waals surface area contributed by atoms with Crippen LogP contribution in [-0.2, 0) is 10.8 Å². The van der Waals surface area contributed by atoms with Gasteiger partial charge in [0.2, 0.25) is 0 Å². The molecule has 0 aromatic heterocycles. The van der Waals surface area contributed by atoms with Gasteiger partial charge in [0, 0.05) is 22.2 Å². The van der Waals surface area contributed by atoms with Gasteiger partial charge in [0.15, 0.2) is 0 Å². The van der Waals surface area contributed by atoms with Crippen LogP contribution in [0.4, 0.5) is 17.1 Å². The molecule has 1 heteroatoms. The topological polar surface area (TPSA) is 3.24 Å². The smallest absolute Gasteiger partial charge is 0.0726 e. The van der Waals surface area contributed by atoms with Crippen LogP contribution < -0.4 is 4.90 Å². The maximum Gasteiger partial charge on any atom is 0.0726 e. The van der Waals surface area contributed by atoms with Gasteiger partial charge in [0.05, 0.1) is 16.8 Å². The molecule has 3 aliphatic rings. The van der Waals surface area contributed by atoms with Crippen molar-refractivity contribution in [1.82, 2.24) is 0 Å². The van der Waals surface area contributed by atoms with Crippen LogP contribution in [0.25, 0.3) is 55.3 Å². The lowest BCUT2D eigenvalue weighted by Gasteiger charge is -2.33. The lowest BCUT2D eigenvalue weighted by atomic mass is 9.70. The van der Waals surface area contributed by atoms with Crippen LogP contribution in [0.1, 0.15) is 47.2 Å². The fourth-order valence-corrected chi connectivity index (χ4v) is 10.9. The standard InChI is InChI=1S/C56H39N/c1-55(2)45-25-12-8-22-41(45)42-33-32-38(35-50(42)55)57(51-29-15-11-20-39(51)36-17-4-3-5-18-36)52-30-16-28-48-54(52)44-24-10-14-27-47(44)56(48)46-26-13-9-23-43(46)53-40-21-7-6-19-37(40)31-34-49(53)56/h3-35H,1-2H3. The second-order valence-electron chi connectivity index (χ2n) is 16.4. The third kappa shape index (κ3) is 4.24. The minimum atomic E-state index is -0.468. The second-order valence-corrected chi connectivity index (χ2v) is 16.4. The highest BCUT2D eigenvalue weighted by Crippen LogP contribution is 2.66. The monoisotopic (exact) mass is 725 g/mol. The van der Waals surface area contributed by atoms with Crippen LogP contribution in [-0.4, -0.2) is 0 Å². The Hall–Kier alpha value is -6.96. The van der Waals surface area contributed by atoms with Crippen molar-refractivity contribution >= 4 is 27.8 Å². The summed E-state index contributed by atoms with van der Waals surface area (Å²) in [4.78, 5) is 2.55. The van der Waals surface area contributed by atoms with Crippen molar-refractivity contribution in [3.63, 3.8) is 0 Å². The van der Waals surface area contributed by atoms with Gasteiger partial charge in [-0.3, -0.25) is 0 Å². The summed E-state index contributed by atoms with van der Waals surface area (Å²) in [5.41, 5.74) is 21.3. The largest absolute Gasteiger partial charge is 0.309 e. The number of hydrogen-bond acceptors (Lipinski definition) is 1. The van der Waals surface area contributed by atoms with Gasteiger partial charge in [-0.05, 0) is 102 Å². The van der Waals surface area contributed by atoms with Crippen LogP contribution in [0, 0.1) is 0 Å². The highest BCUT2D eigenvalue weighted by Gasteiger charge is 2.53. The molecular formula is C56H39N. The number of rotatable bonds is 4. The van der Waals surface area contributed by atoms with E-state index in [1.807, 2.05) is 0 Å². The first-order chi connectivity index (χ1) is 28.1. The number of anilines is 3. The molecule has 1 nitrogen and oxygen atoms in total. The first-order valence-electron chi connectivity index (χ1n) is 20.1. The van der Waals surface area contributed by atoms with E-state index >= 15 is 0 Å². The third-order valence-corrected chi connectivity index (χ3v) is 13.3. The molecule has 1 spiro atoms. The van der Waals surface area contributed by atoms with Crippen molar-refractivity contribution in [2.45, 2.75) is 24.7 Å². The Morgan fingerprint density at radius 3 is 1.70 bits per heavy atom. The molecule has 1 unspecified atom stereocenters. The summed E-state index contributed by atoms with van der Waals surface area (Å²) in [6, 6.07) is 75.0. The Morgan fingerprint density at radius 1 is 0.351 bits per heavy atom. The molecule has 3 aliphatic carbocycles. The normalized spacial score (nSPS) is 16.1. The van der Waals surface area contributed by atoms with Gasteiger partial charge in [-0.2, -0.15) is 0 Å². The summed E-state index contributed by atoms with van der Waals surface area (Å²) < 4.78 is 0. The van der Waals surface area contributed by atoms with Crippen molar-refractivity contribution in [3.8, 4) is 44.5 Å². The quantitative estimate of drug-likeness (QED) is 0.175. The van der Waals surface area contributed by atoms with E-state index in [0.717, 1.165) is 11.4 Å². The van der Waals surface area contributed by atoms with Crippen LogP contribution in [0.3, 0.4) is 0 Å². The van der Waals surface area contributed by atoms with E-state index in [9.17, 15) is 0 Å².